The van der Waals surface area contributed by atoms with Gasteiger partial charge in [-0.1, -0.05) is 5.16 Å². The lowest BCUT2D eigenvalue weighted by molar-refractivity contribution is -0.121. The zero-order chi connectivity index (χ0) is 18.4. The highest BCUT2D eigenvalue weighted by atomic mass is 32.1. The standard InChI is InChI=1S/C18H20N4O3S/c1-12-19-10-15(26-12)11-20-16(23)4-3-5-17-21-18(22-25-17)13-6-8-14(24-2)9-7-13/h6-10H,3-5,11H2,1-2H3,(H,20,23). The summed E-state index contributed by atoms with van der Waals surface area (Å²) in [5.74, 6) is 1.84. The zero-order valence-electron chi connectivity index (χ0n) is 14.7. The lowest BCUT2D eigenvalue weighted by atomic mass is 10.2. The second-order valence-corrected chi connectivity index (χ2v) is 7.04. The van der Waals surface area contributed by atoms with E-state index in [2.05, 4.69) is 20.4 Å². The monoisotopic (exact) mass is 372 g/mol. The number of carbonyl (C=O) groups is 1. The molecular formula is C18H20N4O3S. The van der Waals surface area contributed by atoms with Gasteiger partial charge in [-0.15, -0.1) is 11.3 Å². The van der Waals surface area contributed by atoms with Gasteiger partial charge in [0.15, 0.2) is 0 Å². The Morgan fingerprint density at radius 3 is 2.81 bits per heavy atom. The van der Waals surface area contributed by atoms with E-state index in [0.29, 0.717) is 37.5 Å². The van der Waals surface area contributed by atoms with Gasteiger partial charge in [-0.05, 0) is 37.6 Å². The molecule has 0 radical (unpaired) electrons. The second-order valence-electron chi connectivity index (χ2n) is 5.72. The average molecular weight is 372 g/mol. The predicted molar refractivity (Wildman–Crippen MR) is 97.9 cm³/mol. The number of methoxy groups -OCH3 is 1. The molecule has 0 aliphatic rings. The summed E-state index contributed by atoms with van der Waals surface area (Å²) < 4.78 is 10.4. The number of rotatable bonds is 8. The molecule has 2 heterocycles. The summed E-state index contributed by atoms with van der Waals surface area (Å²) in [6.07, 6.45) is 3.42. The van der Waals surface area contributed by atoms with Crippen LogP contribution in [0.5, 0.6) is 5.75 Å². The number of amides is 1. The third-order valence-corrected chi connectivity index (χ3v) is 4.65. The molecule has 0 aliphatic carbocycles. The van der Waals surface area contributed by atoms with Crippen LogP contribution in [0.4, 0.5) is 0 Å². The number of hydrogen-bond acceptors (Lipinski definition) is 7. The molecule has 0 bridgehead atoms. The van der Waals surface area contributed by atoms with E-state index in [1.807, 2.05) is 31.2 Å². The van der Waals surface area contributed by atoms with Crippen LogP contribution < -0.4 is 10.1 Å². The van der Waals surface area contributed by atoms with Gasteiger partial charge in [-0.25, -0.2) is 4.98 Å². The molecule has 0 aliphatic heterocycles. The van der Waals surface area contributed by atoms with Gasteiger partial charge in [-0.3, -0.25) is 4.79 Å². The first kappa shape index (κ1) is 18.1. The van der Waals surface area contributed by atoms with Crippen molar-refractivity contribution in [3.8, 4) is 17.1 Å². The fourth-order valence-electron chi connectivity index (χ4n) is 2.38. The van der Waals surface area contributed by atoms with Gasteiger partial charge in [0.05, 0.1) is 18.7 Å². The van der Waals surface area contributed by atoms with E-state index in [-0.39, 0.29) is 5.91 Å². The quantitative estimate of drug-likeness (QED) is 0.653. The summed E-state index contributed by atoms with van der Waals surface area (Å²) >= 11 is 1.59. The number of aromatic nitrogens is 3. The molecular weight excluding hydrogens is 352 g/mol. The van der Waals surface area contributed by atoms with Crippen LogP contribution in [0, 0.1) is 6.92 Å². The highest BCUT2D eigenvalue weighted by Crippen LogP contribution is 2.20. The molecule has 0 atom stereocenters. The Morgan fingerprint density at radius 2 is 2.12 bits per heavy atom. The molecule has 0 saturated heterocycles. The van der Waals surface area contributed by atoms with Gasteiger partial charge in [0.2, 0.25) is 17.6 Å². The minimum Gasteiger partial charge on any atom is -0.497 e. The molecule has 26 heavy (non-hydrogen) atoms. The molecule has 0 unspecified atom stereocenters. The molecule has 1 amide bonds. The van der Waals surface area contributed by atoms with Crippen molar-refractivity contribution < 1.29 is 14.1 Å². The molecule has 0 saturated carbocycles. The minimum absolute atomic E-state index is 0.00551. The number of aryl methyl sites for hydroxylation is 2. The van der Waals surface area contributed by atoms with Crippen molar-refractivity contribution in [1.29, 1.82) is 0 Å². The van der Waals surface area contributed by atoms with Crippen LogP contribution in [-0.4, -0.2) is 28.1 Å². The Bertz CT molecular complexity index is 857. The smallest absolute Gasteiger partial charge is 0.226 e. The largest absolute Gasteiger partial charge is 0.497 e. The number of ether oxygens (including phenoxy) is 1. The fourth-order valence-corrected chi connectivity index (χ4v) is 3.11. The van der Waals surface area contributed by atoms with E-state index < -0.39 is 0 Å². The van der Waals surface area contributed by atoms with Crippen molar-refractivity contribution in [3.63, 3.8) is 0 Å². The summed E-state index contributed by atoms with van der Waals surface area (Å²) in [7, 11) is 1.62. The first-order valence-electron chi connectivity index (χ1n) is 8.29. The van der Waals surface area contributed by atoms with E-state index in [9.17, 15) is 4.79 Å². The highest BCUT2D eigenvalue weighted by molar-refractivity contribution is 7.11. The predicted octanol–water partition coefficient (Wildman–Crippen LogP) is 3.15. The van der Waals surface area contributed by atoms with E-state index in [1.165, 1.54) is 0 Å². The first-order valence-corrected chi connectivity index (χ1v) is 9.10. The highest BCUT2D eigenvalue weighted by Gasteiger charge is 2.10. The van der Waals surface area contributed by atoms with Crippen molar-refractivity contribution in [1.82, 2.24) is 20.4 Å². The maximum atomic E-state index is 11.9. The molecule has 136 valence electrons. The van der Waals surface area contributed by atoms with E-state index in [4.69, 9.17) is 9.26 Å². The minimum atomic E-state index is 0.00551. The molecule has 3 rings (SSSR count). The Morgan fingerprint density at radius 1 is 1.31 bits per heavy atom. The third kappa shape index (κ3) is 4.89. The summed E-state index contributed by atoms with van der Waals surface area (Å²) in [6.45, 7) is 2.47. The fraction of sp³-hybridized carbons (Fsp3) is 0.333. The van der Waals surface area contributed by atoms with E-state index in [1.54, 1.807) is 24.6 Å². The van der Waals surface area contributed by atoms with Crippen LogP contribution in [0.25, 0.3) is 11.4 Å². The zero-order valence-corrected chi connectivity index (χ0v) is 15.5. The summed E-state index contributed by atoms with van der Waals surface area (Å²) in [5.41, 5.74) is 0.860. The Hall–Kier alpha value is -2.74. The average Bonchev–Trinajstić information content (AvgIpc) is 3.29. The normalized spacial score (nSPS) is 10.7. The number of carbonyl (C=O) groups excluding carboxylic acids is 1. The van der Waals surface area contributed by atoms with Crippen molar-refractivity contribution in [2.75, 3.05) is 7.11 Å². The molecule has 7 nitrogen and oxygen atoms in total. The molecule has 0 spiro atoms. The molecule has 2 aromatic heterocycles. The Kier molecular flexibility index (Phi) is 5.96. The lowest BCUT2D eigenvalue weighted by Crippen LogP contribution is -2.22. The van der Waals surface area contributed by atoms with Gasteiger partial charge >= 0.3 is 0 Å². The number of nitrogens with one attached hydrogen (secondary N) is 1. The first-order chi connectivity index (χ1) is 12.6. The number of nitrogens with zero attached hydrogens (tertiary/aromatic N) is 3. The molecule has 0 fully saturated rings. The van der Waals surface area contributed by atoms with Crippen LogP contribution >= 0.6 is 11.3 Å². The lowest BCUT2D eigenvalue weighted by Gasteiger charge is -2.02. The number of thiazole rings is 1. The van der Waals surface area contributed by atoms with Crippen molar-refractivity contribution in [3.05, 3.63) is 46.2 Å². The Balaban J connectivity index is 1.43. The van der Waals surface area contributed by atoms with Crippen molar-refractivity contribution >= 4 is 17.2 Å². The topological polar surface area (TPSA) is 90.1 Å². The molecule has 1 N–H and O–H groups in total. The SMILES string of the molecule is COc1ccc(-c2noc(CCCC(=O)NCc3cnc(C)s3)n2)cc1. The maximum Gasteiger partial charge on any atom is 0.226 e. The van der Waals surface area contributed by atoms with Crippen LogP contribution in [0.2, 0.25) is 0 Å². The van der Waals surface area contributed by atoms with Gasteiger partial charge in [0.25, 0.3) is 0 Å². The van der Waals surface area contributed by atoms with Crippen molar-refractivity contribution in [2.45, 2.75) is 32.7 Å². The number of hydrogen-bond donors (Lipinski definition) is 1. The van der Waals surface area contributed by atoms with Crippen LogP contribution in [0.1, 0.15) is 28.6 Å². The van der Waals surface area contributed by atoms with Crippen LogP contribution in [0.15, 0.2) is 35.0 Å². The third-order valence-electron chi connectivity index (χ3n) is 3.74. The Labute approximate surface area is 155 Å². The van der Waals surface area contributed by atoms with Crippen LogP contribution in [0.3, 0.4) is 0 Å². The molecule has 8 heteroatoms. The number of benzene rings is 1. The second kappa shape index (κ2) is 8.57. The van der Waals surface area contributed by atoms with E-state index in [0.717, 1.165) is 21.2 Å². The van der Waals surface area contributed by atoms with Gasteiger partial charge in [0, 0.05) is 29.5 Å². The molecule has 1 aromatic carbocycles. The summed E-state index contributed by atoms with van der Waals surface area (Å²) in [5, 5.41) is 7.88. The maximum absolute atomic E-state index is 11.9. The van der Waals surface area contributed by atoms with E-state index >= 15 is 0 Å². The van der Waals surface area contributed by atoms with Gasteiger partial charge in [0.1, 0.15) is 5.75 Å². The van der Waals surface area contributed by atoms with Gasteiger partial charge in [-0.2, -0.15) is 4.98 Å². The van der Waals surface area contributed by atoms with Crippen LogP contribution in [-0.2, 0) is 17.8 Å². The molecule has 3 aromatic rings. The van der Waals surface area contributed by atoms with Gasteiger partial charge < -0.3 is 14.6 Å². The summed E-state index contributed by atoms with van der Waals surface area (Å²) in [6, 6.07) is 7.45. The van der Waals surface area contributed by atoms with Crippen molar-refractivity contribution in [2.24, 2.45) is 0 Å². The summed E-state index contributed by atoms with van der Waals surface area (Å²) in [4.78, 5) is 21.5.